The highest BCUT2D eigenvalue weighted by molar-refractivity contribution is 5.92. The SMILES string of the molecule is CCOc1cc2c(cc1[C@@H]1C=C3c4cc(OC)c(OC)cc4CCN3C(=O)C1)O[C@@H](C)C2. The van der Waals surface area contributed by atoms with Gasteiger partial charge in [-0.3, -0.25) is 4.79 Å². The number of methoxy groups -OCH3 is 2. The van der Waals surface area contributed by atoms with Crippen molar-refractivity contribution in [2.45, 2.75) is 45.1 Å². The summed E-state index contributed by atoms with van der Waals surface area (Å²) in [5.41, 5.74) is 5.30. The minimum atomic E-state index is -0.0841. The molecule has 0 bridgehead atoms. The van der Waals surface area contributed by atoms with Gasteiger partial charge in [-0.15, -0.1) is 0 Å². The van der Waals surface area contributed by atoms with Gasteiger partial charge in [0.15, 0.2) is 11.5 Å². The molecule has 0 fully saturated rings. The molecule has 3 heterocycles. The maximum atomic E-state index is 13.2. The molecule has 32 heavy (non-hydrogen) atoms. The van der Waals surface area contributed by atoms with Crippen molar-refractivity contribution in [3.05, 3.63) is 52.6 Å². The molecule has 5 rings (SSSR count). The highest BCUT2D eigenvalue weighted by atomic mass is 16.5. The average Bonchev–Trinajstić information content (AvgIpc) is 3.16. The first-order valence-corrected chi connectivity index (χ1v) is 11.3. The zero-order valence-electron chi connectivity index (χ0n) is 19.1. The molecule has 2 atom stereocenters. The molecule has 3 aliphatic heterocycles. The second-order valence-electron chi connectivity index (χ2n) is 8.59. The van der Waals surface area contributed by atoms with Crippen LogP contribution in [-0.4, -0.2) is 44.3 Å². The van der Waals surface area contributed by atoms with Crippen LogP contribution in [0.25, 0.3) is 5.70 Å². The molecular weight excluding hydrogens is 406 g/mol. The topological polar surface area (TPSA) is 57.2 Å². The van der Waals surface area contributed by atoms with Gasteiger partial charge in [0, 0.05) is 47.7 Å². The van der Waals surface area contributed by atoms with E-state index in [1.165, 1.54) is 5.56 Å². The highest BCUT2D eigenvalue weighted by Gasteiger charge is 2.35. The zero-order chi connectivity index (χ0) is 22.4. The van der Waals surface area contributed by atoms with Crippen LogP contribution in [0.5, 0.6) is 23.0 Å². The van der Waals surface area contributed by atoms with Crippen LogP contribution in [-0.2, 0) is 17.6 Å². The maximum absolute atomic E-state index is 13.2. The summed E-state index contributed by atoms with van der Waals surface area (Å²) in [6.45, 7) is 5.30. The van der Waals surface area contributed by atoms with Crippen LogP contribution in [0.15, 0.2) is 30.3 Å². The molecule has 2 aromatic carbocycles. The molecule has 1 amide bonds. The van der Waals surface area contributed by atoms with E-state index in [2.05, 4.69) is 25.1 Å². The van der Waals surface area contributed by atoms with Gasteiger partial charge in [0.2, 0.25) is 5.91 Å². The van der Waals surface area contributed by atoms with Gasteiger partial charge in [0.05, 0.1) is 20.8 Å². The Kier molecular flexibility index (Phi) is 5.24. The Morgan fingerprint density at radius 3 is 2.53 bits per heavy atom. The van der Waals surface area contributed by atoms with Crippen molar-refractivity contribution < 1.29 is 23.7 Å². The molecule has 0 spiro atoms. The fraction of sp³-hybridized carbons (Fsp3) is 0.423. The Bertz CT molecular complexity index is 1110. The van der Waals surface area contributed by atoms with E-state index in [1.54, 1.807) is 14.2 Å². The van der Waals surface area contributed by atoms with Crippen LogP contribution >= 0.6 is 0 Å². The summed E-state index contributed by atoms with van der Waals surface area (Å²) in [5, 5.41) is 0. The second kappa shape index (κ2) is 8.08. The van der Waals surface area contributed by atoms with Crippen molar-refractivity contribution >= 4 is 11.6 Å². The maximum Gasteiger partial charge on any atom is 0.227 e. The fourth-order valence-electron chi connectivity index (χ4n) is 5.08. The van der Waals surface area contributed by atoms with Crippen LogP contribution in [0.4, 0.5) is 0 Å². The molecule has 0 unspecified atom stereocenters. The lowest BCUT2D eigenvalue weighted by molar-refractivity contribution is -0.128. The molecule has 0 saturated carbocycles. The Morgan fingerprint density at radius 1 is 1.03 bits per heavy atom. The number of amides is 1. The molecule has 2 aromatic rings. The summed E-state index contributed by atoms with van der Waals surface area (Å²) in [4.78, 5) is 15.1. The van der Waals surface area contributed by atoms with Crippen molar-refractivity contribution in [2.75, 3.05) is 27.4 Å². The molecule has 0 aliphatic carbocycles. The van der Waals surface area contributed by atoms with E-state index in [0.29, 0.717) is 31.1 Å². The smallest absolute Gasteiger partial charge is 0.227 e. The van der Waals surface area contributed by atoms with E-state index >= 15 is 0 Å². The summed E-state index contributed by atoms with van der Waals surface area (Å²) in [7, 11) is 3.28. The van der Waals surface area contributed by atoms with Gasteiger partial charge in [-0.2, -0.15) is 0 Å². The second-order valence-corrected chi connectivity index (χ2v) is 8.59. The third kappa shape index (κ3) is 3.38. The minimum Gasteiger partial charge on any atom is -0.494 e. The van der Waals surface area contributed by atoms with Crippen molar-refractivity contribution in [3.63, 3.8) is 0 Å². The van der Waals surface area contributed by atoms with Gasteiger partial charge in [-0.05, 0) is 50.1 Å². The molecule has 0 N–H and O–H groups in total. The minimum absolute atomic E-state index is 0.0841. The molecule has 0 radical (unpaired) electrons. The van der Waals surface area contributed by atoms with E-state index in [-0.39, 0.29) is 17.9 Å². The number of benzene rings is 2. The summed E-state index contributed by atoms with van der Waals surface area (Å²) in [6, 6.07) is 8.18. The van der Waals surface area contributed by atoms with Crippen LogP contribution in [0.3, 0.4) is 0 Å². The number of carbonyl (C=O) groups excluding carboxylic acids is 1. The molecule has 168 valence electrons. The van der Waals surface area contributed by atoms with E-state index in [9.17, 15) is 4.79 Å². The summed E-state index contributed by atoms with van der Waals surface area (Å²) < 4.78 is 23.1. The first kappa shape index (κ1) is 20.7. The van der Waals surface area contributed by atoms with Crippen molar-refractivity contribution in [3.8, 4) is 23.0 Å². The molecule has 3 aliphatic rings. The van der Waals surface area contributed by atoms with Gasteiger partial charge in [-0.1, -0.05) is 6.08 Å². The predicted octanol–water partition coefficient (Wildman–Crippen LogP) is 4.34. The normalized spacial score (nSPS) is 21.2. The lowest BCUT2D eigenvalue weighted by Gasteiger charge is -2.37. The number of ether oxygens (including phenoxy) is 4. The number of hydrogen-bond acceptors (Lipinski definition) is 5. The van der Waals surface area contributed by atoms with Gasteiger partial charge >= 0.3 is 0 Å². The third-order valence-corrected chi connectivity index (χ3v) is 6.56. The van der Waals surface area contributed by atoms with Gasteiger partial charge in [0.25, 0.3) is 0 Å². The van der Waals surface area contributed by atoms with E-state index < -0.39 is 0 Å². The van der Waals surface area contributed by atoms with Crippen LogP contribution in [0.1, 0.15) is 48.4 Å². The quantitative estimate of drug-likeness (QED) is 0.699. The number of hydrogen-bond donors (Lipinski definition) is 0. The summed E-state index contributed by atoms with van der Waals surface area (Å²) >= 11 is 0. The van der Waals surface area contributed by atoms with Crippen molar-refractivity contribution in [1.29, 1.82) is 0 Å². The van der Waals surface area contributed by atoms with Gasteiger partial charge < -0.3 is 23.8 Å². The van der Waals surface area contributed by atoms with Gasteiger partial charge in [0.1, 0.15) is 17.6 Å². The number of nitrogens with zero attached hydrogens (tertiary/aromatic N) is 1. The molecular formula is C26H29NO5. The molecule has 0 aromatic heterocycles. The standard InChI is InChI=1S/C26H29NO5/c1-5-31-23-11-18-8-15(2)32-22(18)14-20(23)17-9-21-19-13-25(30-4)24(29-3)10-16(19)6-7-27(21)26(28)12-17/h9-11,13-15,17H,5-8,12H2,1-4H3/t15-,17+/m0/s1. The molecule has 6 nitrogen and oxygen atoms in total. The van der Waals surface area contributed by atoms with Crippen LogP contribution in [0, 0.1) is 0 Å². The first-order valence-electron chi connectivity index (χ1n) is 11.3. The number of rotatable bonds is 5. The Hall–Kier alpha value is -3.15. The van der Waals surface area contributed by atoms with Gasteiger partial charge in [-0.25, -0.2) is 0 Å². The summed E-state index contributed by atoms with van der Waals surface area (Å²) in [5.74, 6) is 3.17. The third-order valence-electron chi connectivity index (χ3n) is 6.56. The molecule has 0 saturated heterocycles. The van der Waals surface area contributed by atoms with Crippen LogP contribution in [0.2, 0.25) is 0 Å². The van der Waals surface area contributed by atoms with E-state index in [0.717, 1.165) is 46.7 Å². The summed E-state index contributed by atoms with van der Waals surface area (Å²) in [6.07, 6.45) is 4.44. The van der Waals surface area contributed by atoms with Crippen molar-refractivity contribution in [1.82, 2.24) is 4.90 Å². The van der Waals surface area contributed by atoms with E-state index in [4.69, 9.17) is 18.9 Å². The Morgan fingerprint density at radius 2 is 1.78 bits per heavy atom. The Labute approximate surface area is 188 Å². The monoisotopic (exact) mass is 435 g/mol. The zero-order valence-corrected chi connectivity index (χ0v) is 19.1. The number of carbonyl (C=O) groups is 1. The fourth-order valence-corrected chi connectivity index (χ4v) is 5.08. The largest absolute Gasteiger partial charge is 0.494 e. The Balaban J connectivity index is 1.61. The van der Waals surface area contributed by atoms with E-state index in [1.807, 2.05) is 24.0 Å². The molecule has 6 heteroatoms. The first-order chi connectivity index (χ1) is 15.5. The number of allylic oxidation sites excluding steroid dienone is 1. The predicted molar refractivity (Wildman–Crippen MR) is 122 cm³/mol. The highest BCUT2D eigenvalue weighted by Crippen LogP contribution is 2.45. The average molecular weight is 436 g/mol. The van der Waals surface area contributed by atoms with Crippen LogP contribution < -0.4 is 18.9 Å². The van der Waals surface area contributed by atoms with Crippen molar-refractivity contribution in [2.24, 2.45) is 0 Å². The number of fused-ring (bicyclic) bond motifs is 4. The lowest BCUT2D eigenvalue weighted by atomic mass is 9.85. The lowest BCUT2D eigenvalue weighted by Crippen LogP contribution is -2.38.